The van der Waals surface area contributed by atoms with Gasteiger partial charge in [0.1, 0.15) is 0 Å². The molecule has 2 aliphatic carbocycles. The van der Waals surface area contributed by atoms with Gasteiger partial charge < -0.3 is 5.32 Å². The van der Waals surface area contributed by atoms with Crippen molar-refractivity contribution in [1.82, 2.24) is 4.90 Å². The Kier molecular flexibility index (Phi) is 4.41. The van der Waals surface area contributed by atoms with E-state index in [2.05, 4.69) is 21.2 Å². The Morgan fingerprint density at radius 1 is 1.12 bits per heavy atom. The van der Waals surface area contributed by atoms with Crippen molar-refractivity contribution in [1.29, 1.82) is 0 Å². The molecule has 1 aliphatic heterocycles. The van der Waals surface area contributed by atoms with Crippen molar-refractivity contribution in [3.63, 3.8) is 0 Å². The van der Waals surface area contributed by atoms with E-state index in [0.717, 1.165) is 40.5 Å². The molecule has 4 atom stereocenters. The molecule has 3 fully saturated rings. The SMILES string of the molecule is Cc1cc(NC(=O)CCN2C(=O)[C@@H]3[C@H]4CC[C@@H](C4)[C@@H]3C2=O)cc(C)c1Br. The lowest BCUT2D eigenvalue weighted by atomic mass is 9.81. The normalized spacial score (nSPS) is 29.4. The van der Waals surface area contributed by atoms with Gasteiger partial charge in [-0.05, 0) is 68.2 Å². The summed E-state index contributed by atoms with van der Waals surface area (Å²) in [5.74, 6) is 0.280. The van der Waals surface area contributed by atoms with E-state index in [9.17, 15) is 14.4 Å². The maximum Gasteiger partial charge on any atom is 0.233 e. The maximum absolute atomic E-state index is 12.7. The minimum Gasteiger partial charge on any atom is -0.326 e. The molecule has 5 nitrogen and oxygen atoms in total. The van der Waals surface area contributed by atoms with Crippen molar-refractivity contribution in [3.05, 3.63) is 27.7 Å². The molecular formula is C20H23BrN2O3. The lowest BCUT2D eigenvalue weighted by Gasteiger charge is -2.19. The van der Waals surface area contributed by atoms with Crippen LogP contribution in [-0.4, -0.2) is 29.2 Å². The Morgan fingerprint density at radius 3 is 2.19 bits per heavy atom. The van der Waals surface area contributed by atoms with Crippen molar-refractivity contribution in [2.24, 2.45) is 23.7 Å². The molecule has 138 valence electrons. The lowest BCUT2D eigenvalue weighted by molar-refractivity contribution is -0.140. The van der Waals surface area contributed by atoms with Gasteiger partial charge in [-0.3, -0.25) is 19.3 Å². The van der Waals surface area contributed by atoms with Crippen LogP contribution in [0.1, 0.15) is 36.8 Å². The zero-order valence-electron chi connectivity index (χ0n) is 15.0. The molecule has 2 bridgehead atoms. The van der Waals surface area contributed by atoms with E-state index in [1.165, 1.54) is 4.90 Å². The first-order chi connectivity index (χ1) is 12.4. The Labute approximate surface area is 161 Å². The molecule has 1 N–H and O–H groups in total. The van der Waals surface area contributed by atoms with E-state index in [4.69, 9.17) is 0 Å². The summed E-state index contributed by atoms with van der Waals surface area (Å²) in [5, 5.41) is 2.88. The van der Waals surface area contributed by atoms with Gasteiger partial charge in [0.05, 0.1) is 11.8 Å². The van der Waals surface area contributed by atoms with Gasteiger partial charge in [0.15, 0.2) is 0 Å². The summed E-state index contributed by atoms with van der Waals surface area (Å²) in [5.41, 5.74) is 2.84. The number of rotatable bonds is 4. The Bertz CT molecular complexity index is 755. The fourth-order valence-electron chi connectivity index (χ4n) is 5.15. The second-order valence-corrected chi connectivity index (χ2v) is 8.73. The number of imide groups is 1. The predicted molar refractivity (Wildman–Crippen MR) is 101 cm³/mol. The third-order valence-electron chi connectivity index (χ3n) is 6.30. The third kappa shape index (κ3) is 2.79. The molecule has 0 aromatic heterocycles. The first-order valence-corrected chi connectivity index (χ1v) is 10.1. The molecule has 0 radical (unpaired) electrons. The zero-order valence-corrected chi connectivity index (χ0v) is 16.6. The molecule has 3 aliphatic rings. The van der Waals surface area contributed by atoms with Gasteiger partial charge in [-0.25, -0.2) is 0 Å². The largest absolute Gasteiger partial charge is 0.326 e. The lowest BCUT2D eigenvalue weighted by Crippen LogP contribution is -2.35. The van der Waals surface area contributed by atoms with Gasteiger partial charge in [0.2, 0.25) is 17.7 Å². The highest BCUT2D eigenvalue weighted by Gasteiger charge is 2.60. The Morgan fingerprint density at radius 2 is 1.65 bits per heavy atom. The van der Waals surface area contributed by atoms with Crippen LogP contribution < -0.4 is 5.32 Å². The van der Waals surface area contributed by atoms with E-state index >= 15 is 0 Å². The van der Waals surface area contributed by atoms with E-state index in [-0.39, 0.29) is 42.5 Å². The van der Waals surface area contributed by atoms with Crippen molar-refractivity contribution >= 4 is 39.3 Å². The van der Waals surface area contributed by atoms with Crippen LogP contribution in [0.25, 0.3) is 0 Å². The number of nitrogens with zero attached hydrogens (tertiary/aromatic N) is 1. The van der Waals surface area contributed by atoms with Crippen LogP contribution in [0.4, 0.5) is 5.69 Å². The molecule has 3 amide bonds. The Balaban J connectivity index is 1.38. The number of aryl methyl sites for hydroxylation is 2. The number of hydrogen-bond donors (Lipinski definition) is 1. The molecule has 1 aromatic rings. The van der Waals surface area contributed by atoms with Crippen LogP contribution in [0.3, 0.4) is 0 Å². The number of likely N-dealkylation sites (tertiary alicyclic amines) is 1. The quantitative estimate of drug-likeness (QED) is 0.761. The number of halogens is 1. The third-order valence-corrected chi connectivity index (χ3v) is 7.55. The fraction of sp³-hybridized carbons (Fsp3) is 0.550. The van der Waals surface area contributed by atoms with Crippen LogP contribution >= 0.6 is 15.9 Å². The monoisotopic (exact) mass is 418 g/mol. The van der Waals surface area contributed by atoms with Gasteiger partial charge in [0, 0.05) is 23.1 Å². The molecule has 1 heterocycles. The predicted octanol–water partition coefficient (Wildman–Crippen LogP) is 3.43. The van der Waals surface area contributed by atoms with E-state index in [0.29, 0.717) is 11.8 Å². The number of nitrogens with one attached hydrogen (secondary N) is 1. The zero-order chi connectivity index (χ0) is 18.6. The summed E-state index contributed by atoms with van der Waals surface area (Å²) >= 11 is 3.51. The van der Waals surface area contributed by atoms with E-state index < -0.39 is 0 Å². The molecule has 4 rings (SSSR count). The number of carbonyl (C=O) groups excluding carboxylic acids is 3. The molecule has 0 spiro atoms. The average Bonchev–Trinajstić information content (AvgIpc) is 3.26. The smallest absolute Gasteiger partial charge is 0.233 e. The Hall–Kier alpha value is -1.69. The maximum atomic E-state index is 12.7. The number of hydrogen-bond acceptors (Lipinski definition) is 3. The van der Waals surface area contributed by atoms with Gasteiger partial charge in [-0.1, -0.05) is 15.9 Å². The summed E-state index contributed by atoms with van der Waals surface area (Å²) in [6.07, 6.45) is 3.31. The standard InChI is InChI=1S/C20H23BrN2O3/c1-10-7-14(8-11(2)18(10)21)22-15(24)5-6-23-19(25)16-12-3-4-13(9-12)17(16)20(23)26/h7-8,12-13,16-17H,3-6,9H2,1-2H3,(H,22,24)/t12-,13-,16-,17+/m0/s1. The molecule has 26 heavy (non-hydrogen) atoms. The van der Waals surface area contributed by atoms with Crippen LogP contribution in [-0.2, 0) is 14.4 Å². The number of amides is 3. The number of anilines is 1. The molecule has 0 unspecified atom stereocenters. The van der Waals surface area contributed by atoms with Gasteiger partial charge in [-0.2, -0.15) is 0 Å². The van der Waals surface area contributed by atoms with Gasteiger partial charge >= 0.3 is 0 Å². The minimum atomic E-state index is -0.174. The minimum absolute atomic E-state index is 0.0460. The average molecular weight is 419 g/mol. The first-order valence-electron chi connectivity index (χ1n) is 9.28. The molecule has 1 aromatic carbocycles. The molecule has 2 saturated carbocycles. The second-order valence-electron chi connectivity index (χ2n) is 7.94. The topological polar surface area (TPSA) is 66.5 Å². The van der Waals surface area contributed by atoms with Gasteiger partial charge in [-0.15, -0.1) is 0 Å². The van der Waals surface area contributed by atoms with Gasteiger partial charge in [0.25, 0.3) is 0 Å². The molecular weight excluding hydrogens is 396 g/mol. The number of carbonyl (C=O) groups is 3. The molecule has 1 saturated heterocycles. The summed E-state index contributed by atoms with van der Waals surface area (Å²) in [4.78, 5) is 39.0. The number of benzene rings is 1. The highest BCUT2D eigenvalue weighted by atomic mass is 79.9. The highest BCUT2D eigenvalue weighted by molar-refractivity contribution is 9.10. The molecule has 6 heteroatoms. The van der Waals surface area contributed by atoms with E-state index in [1.807, 2.05) is 26.0 Å². The van der Waals surface area contributed by atoms with Crippen LogP contribution in [0.5, 0.6) is 0 Å². The highest BCUT2D eigenvalue weighted by Crippen LogP contribution is 2.56. The van der Waals surface area contributed by atoms with Crippen molar-refractivity contribution in [3.8, 4) is 0 Å². The van der Waals surface area contributed by atoms with E-state index in [1.54, 1.807) is 0 Å². The van der Waals surface area contributed by atoms with Crippen LogP contribution in [0, 0.1) is 37.5 Å². The van der Waals surface area contributed by atoms with Crippen molar-refractivity contribution in [2.45, 2.75) is 39.5 Å². The van der Waals surface area contributed by atoms with Crippen molar-refractivity contribution in [2.75, 3.05) is 11.9 Å². The second kappa shape index (κ2) is 6.48. The summed E-state index contributed by atoms with van der Waals surface area (Å²) < 4.78 is 1.03. The van der Waals surface area contributed by atoms with Crippen LogP contribution in [0.15, 0.2) is 16.6 Å². The summed E-state index contributed by atoms with van der Waals surface area (Å²) in [6, 6.07) is 3.81. The van der Waals surface area contributed by atoms with Crippen LogP contribution in [0.2, 0.25) is 0 Å². The summed E-state index contributed by atoms with van der Waals surface area (Å²) in [6.45, 7) is 4.13. The fourth-order valence-corrected chi connectivity index (χ4v) is 5.37. The van der Waals surface area contributed by atoms with Crippen molar-refractivity contribution < 1.29 is 14.4 Å². The summed E-state index contributed by atoms with van der Waals surface area (Å²) in [7, 11) is 0. The first kappa shape index (κ1) is 17.7. The number of fused-ring (bicyclic) bond motifs is 5.